The van der Waals surface area contributed by atoms with Crippen molar-refractivity contribution in [3.8, 4) is 0 Å². The summed E-state index contributed by atoms with van der Waals surface area (Å²) >= 11 is 2.24. The van der Waals surface area contributed by atoms with Gasteiger partial charge in [0, 0.05) is 41.9 Å². The number of hydroxylamine groups is 1. The van der Waals surface area contributed by atoms with E-state index in [9.17, 15) is 4.79 Å². The molecule has 0 aliphatic carbocycles. The second-order valence-electron chi connectivity index (χ2n) is 2.66. The third-order valence-electron chi connectivity index (χ3n) is 1.92. The summed E-state index contributed by atoms with van der Waals surface area (Å²) in [5, 5.41) is 8.34. The fourth-order valence-electron chi connectivity index (χ4n) is 1.20. The minimum Gasteiger partial charge on any atom is -0.289 e. The van der Waals surface area contributed by atoms with Gasteiger partial charge in [0.15, 0.2) is 0 Å². The molecule has 0 aromatic heterocycles. The Morgan fingerprint density at radius 2 is 2.09 bits per heavy atom. The number of nitrogens with zero attached hydrogens (tertiary/aromatic N) is 1. The van der Waals surface area contributed by atoms with Crippen molar-refractivity contribution in [3.05, 3.63) is 0 Å². The molecule has 1 aliphatic heterocycles. The third-order valence-corrected chi connectivity index (χ3v) is 2.89. The lowest BCUT2D eigenvalue weighted by Gasteiger charge is -2.25. The molecule has 64 valence electrons. The summed E-state index contributed by atoms with van der Waals surface area (Å²) in [6, 6.07) is 0. The molecule has 0 aromatic rings. The molecule has 0 bridgehead atoms. The van der Waals surface area contributed by atoms with Crippen LogP contribution >= 0.6 is 22.9 Å². The Morgan fingerprint density at radius 1 is 1.55 bits per heavy atom. The number of carbonyl (C=O) groups excluding carboxylic acids is 1. The quantitative estimate of drug-likeness (QED) is 0.317. The van der Waals surface area contributed by atoms with Gasteiger partial charge in [0.1, 0.15) is 0 Å². The number of halogens is 1. The molecule has 0 atom stereocenters. The van der Waals surface area contributed by atoms with E-state index in [2.05, 4.69) is 26.0 Å². The van der Waals surface area contributed by atoms with Gasteiger partial charge in [-0.2, -0.15) is 0 Å². The van der Waals surface area contributed by atoms with Crippen LogP contribution in [-0.4, -0.2) is 27.3 Å². The average molecular weight is 270 g/mol. The molecule has 1 aliphatic rings. The zero-order valence-corrected chi connectivity index (χ0v) is 8.24. The van der Waals surface area contributed by atoms with Crippen molar-refractivity contribution in [2.45, 2.75) is 12.8 Å². The molecule has 1 rings (SSSR count). The van der Waals surface area contributed by atoms with Crippen LogP contribution in [0.15, 0.2) is 0 Å². The van der Waals surface area contributed by atoms with Crippen molar-refractivity contribution in [2.75, 3.05) is 13.1 Å². The largest absolute Gasteiger partial charge is 0.289 e. The van der Waals surface area contributed by atoms with E-state index in [0.29, 0.717) is 0 Å². The van der Waals surface area contributed by atoms with Crippen LogP contribution in [-0.2, 0) is 4.79 Å². The Hall–Kier alpha value is 0.120. The van der Waals surface area contributed by atoms with Crippen molar-refractivity contribution in [3.63, 3.8) is 0 Å². The summed E-state index contributed by atoms with van der Waals surface area (Å²) in [5.74, 6) is -0.236. The van der Waals surface area contributed by atoms with Crippen molar-refractivity contribution >= 4 is 28.8 Å². The molecule has 1 heterocycles. The van der Waals surface area contributed by atoms with E-state index in [1.54, 1.807) is 5.48 Å². The van der Waals surface area contributed by atoms with Gasteiger partial charge in [-0.05, 0) is 12.8 Å². The maximum atomic E-state index is 10.9. The summed E-state index contributed by atoms with van der Waals surface area (Å²) < 4.78 is 2.15. The van der Waals surface area contributed by atoms with E-state index in [1.807, 2.05) is 0 Å². The average Bonchev–Trinajstić information content (AvgIpc) is 2.05. The molecule has 0 aromatic carbocycles. The monoisotopic (exact) mass is 270 g/mol. The summed E-state index contributed by atoms with van der Waals surface area (Å²) in [4.78, 5) is 10.9. The molecule has 4 nitrogen and oxygen atoms in total. The van der Waals surface area contributed by atoms with E-state index < -0.39 is 0 Å². The molecule has 11 heavy (non-hydrogen) atoms. The number of carbonyl (C=O) groups is 1. The van der Waals surface area contributed by atoms with Crippen LogP contribution < -0.4 is 5.48 Å². The highest BCUT2D eigenvalue weighted by Crippen LogP contribution is 2.19. The molecular weight excluding hydrogens is 259 g/mol. The van der Waals surface area contributed by atoms with Crippen LogP contribution in [0.25, 0.3) is 0 Å². The Bertz CT molecular complexity index is 146. The van der Waals surface area contributed by atoms with Crippen molar-refractivity contribution in [1.82, 2.24) is 8.59 Å². The minimum atomic E-state index is -0.241. The van der Waals surface area contributed by atoms with E-state index in [0.717, 1.165) is 25.9 Å². The Kier molecular flexibility index (Phi) is 3.53. The van der Waals surface area contributed by atoms with Gasteiger partial charge in [-0.3, -0.25) is 10.0 Å². The molecule has 1 saturated heterocycles. The Balaban J connectivity index is 2.33. The molecule has 2 N–H and O–H groups in total. The van der Waals surface area contributed by atoms with Crippen LogP contribution in [0.4, 0.5) is 0 Å². The first-order valence-corrected chi connectivity index (χ1v) is 4.55. The number of nitrogens with one attached hydrogen (secondary N) is 1. The number of piperidine rings is 1. The first kappa shape index (κ1) is 9.21. The topological polar surface area (TPSA) is 52.6 Å². The van der Waals surface area contributed by atoms with Gasteiger partial charge in [-0.25, -0.2) is 8.59 Å². The molecule has 5 heteroatoms. The smallest absolute Gasteiger partial charge is 0.246 e. The first-order valence-electron chi connectivity index (χ1n) is 3.58. The molecule has 0 radical (unpaired) electrons. The van der Waals surface area contributed by atoms with Crippen LogP contribution in [0.1, 0.15) is 12.8 Å². The summed E-state index contributed by atoms with van der Waals surface area (Å²) in [6.07, 6.45) is 1.69. The SMILES string of the molecule is O=C(NO)C1CCN(I)CC1. The van der Waals surface area contributed by atoms with Gasteiger partial charge >= 0.3 is 0 Å². The Labute approximate surface area is 79.4 Å². The van der Waals surface area contributed by atoms with Gasteiger partial charge in [0.05, 0.1) is 0 Å². The fourth-order valence-corrected chi connectivity index (χ4v) is 1.76. The normalized spacial score (nSPS) is 21.6. The predicted molar refractivity (Wildman–Crippen MR) is 48.2 cm³/mol. The zero-order valence-electron chi connectivity index (χ0n) is 6.09. The minimum absolute atomic E-state index is 0.00557. The standard InChI is InChI=1S/C6H11IN2O2/c7-9-3-1-5(2-4-9)6(10)8-11/h5,11H,1-4H2,(H,8,10). The number of hydrogen-bond donors (Lipinski definition) is 2. The third kappa shape index (κ3) is 2.57. The molecule has 0 spiro atoms. The van der Waals surface area contributed by atoms with Crippen molar-refractivity contribution in [2.24, 2.45) is 5.92 Å². The van der Waals surface area contributed by atoms with Crippen LogP contribution in [0.2, 0.25) is 0 Å². The van der Waals surface area contributed by atoms with Crippen molar-refractivity contribution in [1.29, 1.82) is 0 Å². The number of amides is 1. The number of rotatable bonds is 1. The van der Waals surface area contributed by atoms with Gasteiger partial charge < -0.3 is 0 Å². The predicted octanol–water partition coefficient (Wildman–Crippen LogP) is 0.554. The van der Waals surface area contributed by atoms with E-state index in [-0.39, 0.29) is 11.8 Å². The highest BCUT2D eigenvalue weighted by atomic mass is 127. The van der Waals surface area contributed by atoms with Gasteiger partial charge in [0.25, 0.3) is 0 Å². The molecular formula is C6H11IN2O2. The van der Waals surface area contributed by atoms with E-state index >= 15 is 0 Å². The van der Waals surface area contributed by atoms with Crippen LogP contribution in [0.5, 0.6) is 0 Å². The maximum absolute atomic E-state index is 10.9. The van der Waals surface area contributed by atoms with Gasteiger partial charge in [-0.1, -0.05) is 0 Å². The first-order chi connectivity index (χ1) is 5.24. The summed E-state index contributed by atoms with van der Waals surface area (Å²) in [6.45, 7) is 1.86. The van der Waals surface area contributed by atoms with Crippen LogP contribution in [0.3, 0.4) is 0 Å². The number of hydrogen-bond acceptors (Lipinski definition) is 3. The highest BCUT2D eigenvalue weighted by Gasteiger charge is 2.23. The highest BCUT2D eigenvalue weighted by molar-refractivity contribution is 14.1. The molecule has 0 saturated carbocycles. The lowest BCUT2D eigenvalue weighted by atomic mass is 9.98. The molecule has 1 amide bonds. The Morgan fingerprint density at radius 3 is 2.55 bits per heavy atom. The van der Waals surface area contributed by atoms with Crippen LogP contribution in [0, 0.1) is 5.92 Å². The second-order valence-corrected chi connectivity index (χ2v) is 4.02. The molecule has 0 unspecified atom stereocenters. The lowest BCUT2D eigenvalue weighted by Crippen LogP contribution is -2.35. The second kappa shape index (κ2) is 4.22. The summed E-state index contributed by atoms with van der Waals surface area (Å²) in [7, 11) is 0. The van der Waals surface area contributed by atoms with Gasteiger partial charge in [-0.15, -0.1) is 0 Å². The van der Waals surface area contributed by atoms with Gasteiger partial charge in [0.2, 0.25) is 5.91 Å². The maximum Gasteiger partial charge on any atom is 0.246 e. The lowest BCUT2D eigenvalue weighted by molar-refractivity contribution is -0.134. The van der Waals surface area contributed by atoms with E-state index in [1.165, 1.54) is 0 Å². The fraction of sp³-hybridized carbons (Fsp3) is 0.833. The van der Waals surface area contributed by atoms with E-state index in [4.69, 9.17) is 5.21 Å². The summed E-state index contributed by atoms with van der Waals surface area (Å²) in [5.41, 5.74) is 1.69. The van der Waals surface area contributed by atoms with Crippen molar-refractivity contribution < 1.29 is 10.0 Å². The zero-order chi connectivity index (χ0) is 8.27. The molecule has 1 fully saturated rings.